The Morgan fingerprint density at radius 3 is 3.00 bits per heavy atom. The number of nitrogens with zero attached hydrogens (tertiary/aromatic N) is 2. The summed E-state index contributed by atoms with van der Waals surface area (Å²) in [6.45, 7) is 5.69. The zero-order chi connectivity index (χ0) is 13.1. The van der Waals surface area contributed by atoms with Gasteiger partial charge < -0.3 is 14.4 Å². The Kier molecular flexibility index (Phi) is 4.04. The Hall–Kier alpha value is -1.33. The summed E-state index contributed by atoms with van der Waals surface area (Å²) in [6.07, 6.45) is 2.56. The van der Waals surface area contributed by atoms with E-state index in [1.165, 1.54) is 12.3 Å². The summed E-state index contributed by atoms with van der Waals surface area (Å²) >= 11 is 0. The van der Waals surface area contributed by atoms with Gasteiger partial charge in [0.15, 0.2) is 0 Å². The molecule has 1 aromatic heterocycles. The standard InChI is InChI=1S/C13H20N2O3/c1-3-10-8-15(6-5-14(10)2)9-12-11(13(16)17)4-7-18-12/h4,7,10H,3,5-6,8-9H2,1-2H3,(H,16,17). The summed E-state index contributed by atoms with van der Waals surface area (Å²) in [5.74, 6) is -0.359. The number of carboxylic acids is 1. The second kappa shape index (κ2) is 5.54. The number of likely N-dealkylation sites (N-methyl/N-ethyl adjacent to an activating group) is 1. The van der Waals surface area contributed by atoms with Crippen molar-refractivity contribution in [2.45, 2.75) is 25.9 Å². The van der Waals surface area contributed by atoms with Crippen LogP contribution in [0.15, 0.2) is 16.7 Å². The van der Waals surface area contributed by atoms with E-state index in [4.69, 9.17) is 9.52 Å². The quantitative estimate of drug-likeness (QED) is 0.880. The second-order valence-corrected chi connectivity index (χ2v) is 4.84. The lowest BCUT2D eigenvalue weighted by atomic mass is 10.1. The van der Waals surface area contributed by atoms with Crippen LogP contribution in [0, 0.1) is 0 Å². The van der Waals surface area contributed by atoms with E-state index in [0.717, 1.165) is 26.1 Å². The fraction of sp³-hybridized carbons (Fsp3) is 0.615. The van der Waals surface area contributed by atoms with Gasteiger partial charge in [0.05, 0.1) is 12.8 Å². The number of carboxylic acid groups (broad SMARTS) is 1. The third kappa shape index (κ3) is 2.73. The van der Waals surface area contributed by atoms with Crippen molar-refractivity contribution in [1.82, 2.24) is 9.80 Å². The summed E-state index contributed by atoms with van der Waals surface area (Å²) in [5.41, 5.74) is 0.280. The molecule has 1 aromatic rings. The van der Waals surface area contributed by atoms with E-state index in [-0.39, 0.29) is 5.56 Å². The summed E-state index contributed by atoms with van der Waals surface area (Å²) < 4.78 is 5.29. The van der Waals surface area contributed by atoms with E-state index < -0.39 is 5.97 Å². The van der Waals surface area contributed by atoms with Gasteiger partial charge in [-0.25, -0.2) is 4.79 Å². The van der Waals surface area contributed by atoms with E-state index in [0.29, 0.717) is 18.3 Å². The molecule has 100 valence electrons. The smallest absolute Gasteiger partial charge is 0.339 e. The fourth-order valence-corrected chi connectivity index (χ4v) is 2.45. The molecule has 1 aliphatic heterocycles. The third-order valence-electron chi connectivity index (χ3n) is 3.68. The van der Waals surface area contributed by atoms with Gasteiger partial charge in [-0.3, -0.25) is 4.90 Å². The molecular formula is C13H20N2O3. The van der Waals surface area contributed by atoms with Gasteiger partial charge >= 0.3 is 5.97 Å². The van der Waals surface area contributed by atoms with Gasteiger partial charge in [0.1, 0.15) is 11.3 Å². The van der Waals surface area contributed by atoms with Crippen LogP contribution in [0.4, 0.5) is 0 Å². The van der Waals surface area contributed by atoms with Gasteiger partial charge in [0.2, 0.25) is 0 Å². The van der Waals surface area contributed by atoms with Gasteiger partial charge in [0.25, 0.3) is 0 Å². The molecule has 1 fully saturated rings. The third-order valence-corrected chi connectivity index (χ3v) is 3.68. The molecule has 0 saturated carbocycles. The largest absolute Gasteiger partial charge is 0.478 e. The van der Waals surface area contributed by atoms with Crippen molar-refractivity contribution in [2.24, 2.45) is 0 Å². The first kappa shape index (κ1) is 13.1. The number of aromatic carboxylic acids is 1. The topological polar surface area (TPSA) is 56.9 Å². The van der Waals surface area contributed by atoms with Crippen molar-refractivity contribution >= 4 is 5.97 Å². The van der Waals surface area contributed by atoms with E-state index in [1.54, 1.807) is 0 Å². The lowest BCUT2D eigenvalue weighted by Crippen LogP contribution is -2.50. The zero-order valence-electron chi connectivity index (χ0n) is 10.9. The molecule has 5 heteroatoms. The first-order chi connectivity index (χ1) is 8.61. The lowest BCUT2D eigenvalue weighted by Gasteiger charge is -2.38. The summed E-state index contributed by atoms with van der Waals surface area (Å²) in [5, 5.41) is 9.04. The summed E-state index contributed by atoms with van der Waals surface area (Å²) in [7, 11) is 2.14. The molecule has 0 aliphatic carbocycles. The summed E-state index contributed by atoms with van der Waals surface area (Å²) in [4.78, 5) is 15.6. The molecule has 0 aromatic carbocycles. The number of piperazine rings is 1. The number of hydrogen-bond donors (Lipinski definition) is 1. The number of furan rings is 1. The minimum Gasteiger partial charge on any atom is -0.478 e. The monoisotopic (exact) mass is 252 g/mol. The Bertz CT molecular complexity index is 416. The first-order valence-electron chi connectivity index (χ1n) is 6.34. The van der Waals surface area contributed by atoms with Crippen LogP contribution in [0.25, 0.3) is 0 Å². The van der Waals surface area contributed by atoms with Crippen molar-refractivity contribution < 1.29 is 14.3 Å². The Morgan fingerprint density at radius 1 is 1.56 bits per heavy atom. The average molecular weight is 252 g/mol. The molecule has 1 saturated heterocycles. The molecule has 2 rings (SSSR count). The molecule has 5 nitrogen and oxygen atoms in total. The SMILES string of the molecule is CCC1CN(Cc2occc2C(=O)O)CCN1C. The van der Waals surface area contributed by atoms with Crippen molar-refractivity contribution in [3.63, 3.8) is 0 Å². The van der Waals surface area contributed by atoms with Crippen LogP contribution < -0.4 is 0 Å². The molecule has 1 unspecified atom stereocenters. The van der Waals surface area contributed by atoms with Crippen molar-refractivity contribution in [1.29, 1.82) is 0 Å². The maximum atomic E-state index is 11.0. The van der Waals surface area contributed by atoms with Crippen LogP contribution in [0.5, 0.6) is 0 Å². The van der Waals surface area contributed by atoms with Crippen LogP contribution in [0.3, 0.4) is 0 Å². The van der Waals surface area contributed by atoms with Crippen LogP contribution in [-0.4, -0.2) is 53.6 Å². The van der Waals surface area contributed by atoms with E-state index >= 15 is 0 Å². The minimum absolute atomic E-state index is 0.280. The molecule has 1 aliphatic rings. The number of rotatable bonds is 4. The van der Waals surface area contributed by atoms with E-state index in [1.807, 2.05) is 0 Å². The van der Waals surface area contributed by atoms with Gasteiger partial charge in [0, 0.05) is 25.7 Å². The molecule has 0 bridgehead atoms. The van der Waals surface area contributed by atoms with E-state index in [2.05, 4.69) is 23.8 Å². The highest BCUT2D eigenvalue weighted by Gasteiger charge is 2.24. The lowest BCUT2D eigenvalue weighted by molar-refractivity contribution is 0.0680. The van der Waals surface area contributed by atoms with Gasteiger partial charge in [-0.05, 0) is 19.5 Å². The zero-order valence-corrected chi connectivity index (χ0v) is 10.9. The van der Waals surface area contributed by atoms with Crippen LogP contribution >= 0.6 is 0 Å². The second-order valence-electron chi connectivity index (χ2n) is 4.84. The molecule has 0 amide bonds. The molecule has 1 N–H and O–H groups in total. The Labute approximate surface area is 107 Å². The maximum Gasteiger partial charge on any atom is 0.339 e. The van der Waals surface area contributed by atoms with Gasteiger partial charge in [-0.15, -0.1) is 0 Å². The summed E-state index contributed by atoms with van der Waals surface area (Å²) in [6, 6.07) is 2.06. The first-order valence-corrected chi connectivity index (χ1v) is 6.34. The molecule has 1 atom stereocenters. The fourth-order valence-electron chi connectivity index (χ4n) is 2.45. The normalized spacial score (nSPS) is 22.2. The van der Waals surface area contributed by atoms with Crippen LogP contribution in [0.1, 0.15) is 29.5 Å². The Morgan fingerprint density at radius 2 is 2.33 bits per heavy atom. The van der Waals surface area contributed by atoms with Crippen molar-refractivity contribution in [3.8, 4) is 0 Å². The van der Waals surface area contributed by atoms with Gasteiger partial charge in [-0.2, -0.15) is 0 Å². The minimum atomic E-state index is -0.917. The number of hydrogen-bond acceptors (Lipinski definition) is 4. The van der Waals surface area contributed by atoms with Crippen LogP contribution in [-0.2, 0) is 6.54 Å². The van der Waals surface area contributed by atoms with Crippen molar-refractivity contribution in [3.05, 3.63) is 23.7 Å². The molecule has 0 radical (unpaired) electrons. The predicted molar refractivity (Wildman–Crippen MR) is 67.7 cm³/mol. The molecule has 18 heavy (non-hydrogen) atoms. The van der Waals surface area contributed by atoms with Gasteiger partial charge in [-0.1, -0.05) is 6.92 Å². The highest BCUT2D eigenvalue weighted by atomic mass is 16.4. The van der Waals surface area contributed by atoms with Crippen LogP contribution in [0.2, 0.25) is 0 Å². The predicted octanol–water partition coefficient (Wildman–Crippen LogP) is 1.50. The molecule has 2 heterocycles. The number of carbonyl (C=O) groups is 1. The maximum absolute atomic E-state index is 11.0. The van der Waals surface area contributed by atoms with E-state index in [9.17, 15) is 4.79 Å². The highest BCUT2D eigenvalue weighted by Crippen LogP contribution is 2.17. The Balaban J connectivity index is 2.01. The molecular weight excluding hydrogens is 232 g/mol. The average Bonchev–Trinajstić information content (AvgIpc) is 2.80. The van der Waals surface area contributed by atoms with Crippen molar-refractivity contribution in [2.75, 3.05) is 26.7 Å². The highest BCUT2D eigenvalue weighted by molar-refractivity contribution is 5.88. The molecule has 0 spiro atoms.